The third kappa shape index (κ3) is 4.42. The van der Waals surface area contributed by atoms with Crippen LogP contribution in [-0.4, -0.2) is 35.3 Å². The summed E-state index contributed by atoms with van der Waals surface area (Å²) in [5.41, 5.74) is 0.0113. The van der Waals surface area contributed by atoms with E-state index in [0.717, 1.165) is 16.7 Å². The van der Waals surface area contributed by atoms with Gasteiger partial charge in [-0.1, -0.05) is 43.3 Å². The van der Waals surface area contributed by atoms with Crippen LogP contribution >= 0.6 is 0 Å². The third-order valence-corrected chi connectivity index (χ3v) is 4.69. The monoisotopic (exact) mass is 415 g/mol. The number of aromatic nitrogens is 1. The molecule has 0 aliphatic heterocycles. The van der Waals surface area contributed by atoms with E-state index in [1.54, 1.807) is 18.2 Å². The Kier molecular flexibility index (Phi) is 6.05. The molecule has 0 saturated heterocycles. The number of carbonyl (C=O) groups is 2. The third-order valence-electron chi connectivity index (χ3n) is 4.69. The van der Waals surface area contributed by atoms with Crippen molar-refractivity contribution in [1.29, 1.82) is 0 Å². The molecule has 0 unspecified atom stereocenters. The zero-order chi connectivity index (χ0) is 21.9. The predicted octanol–water partition coefficient (Wildman–Crippen LogP) is 4.53. The Morgan fingerprint density at radius 2 is 1.73 bits per heavy atom. The van der Waals surface area contributed by atoms with Crippen molar-refractivity contribution >= 4 is 28.4 Å². The molecule has 30 heavy (non-hydrogen) atoms. The van der Waals surface area contributed by atoms with Crippen LogP contribution in [0.15, 0.2) is 54.7 Å². The van der Waals surface area contributed by atoms with Gasteiger partial charge in [-0.25, -0.2) is 0 Å². The van der Waals surface area contributed by atoms with Crippen LogP contribution in [0, 0.1) is 0 Å². The molecule has 1 heterocycles. The molecule has 0 saturated carbocycles. The number of amides is 2. The highest BCUT2D eigenvalue weighted by atomic mass is 19.4. The number of halogens is 3. The first-order valence-electron chi connectivity index (χ1n) is 9.30. The fourth-order valence-corrected chi connectivity index (χ4v) is 3.24. The zero-order valence-electron chi connectivity index (χ0n) is 16.5. The van der Waals surface area contributed by atoms with E-state index in [1.165, 1.54) is 25.2 Å². The minimum Gasteiger partial charge on any atom is -0.332 e. The van der Waals surface area contributed by atoms with Crippen molar-refractivity contribution in [2.75, 3.05) is 18.9 Å². The zero-order valence-corrected chi connectivity index (χ0v) is 16.5. The number of para-hydroxylation sites is 2. The van der Waals surface area contributed by atoms with Gasteiger partial charge in [0.1, 0.15) is 0 Å². The highest BCUT2D eigenvalue weighted by Gasteiger charge is 2.38. The number of anilines is 1. The Morgan fingerprint density at radius 3 is 2.43 bits per heavy atom. The Hall–Kier alpha value is -3.42. The summed E-state index contributed by atoms with van der Waals surface area (Å²) in [5.74, 6) is -1.44. The van der Waals surface area contributed by atoms with Gasteiger partial charge in [0.2, 0.25) is 5.91 Å². The summed E-state index contributed by atoms with van der Waals surface area (Å²) >= 11 is 0. The lowest BCUT2D eigenvalue weighted by Gasteiger charge is -2.20. The molecule has 0 aliphatic rings. The average Bonchev–Trinajstić information content (AvgIpc) is 2.71. The van der Waals surface area contributed by atoms with Crippen molar-refractivity contribution in [2.45, 2.75) is 19.5 Å². The molecule has 0 atom stereocenters. The van der Waals surface area contributed by atoms with Crippen LogP contribution in [-0.2, 0) is 17.4 Å². The van der Waals surface area contributed by atoms with E-state index in [2.05, 4.69) is 10.3 Å². The summed E-state index contributed by atoms with van der Waals surface area (Å²) in [7, 11) is 1.28. The van der Waals surface area contributed by atoms with E-state index in [9.17, 15) is 22.8 Å². The lowest BCUT2D eigenvalue weighted by atomic mass is 10.0. The van der Waals surface area contributed by atoms with Crippen LogP contribution in [0.2, 0.25) is 0 Å². The quantitative estimate of drug-likeness (QED) is 0.666. The molecule has 0 bridgehead atoms. The number of aryl methyl sites for hydroxylation is 1. The second-order valence-electron chi connectivity index (χ2n) is 6.78. The van der Waals surface area contributed by atoms with E-state index in [4.69, 9.17) is 0 Å². The minimum absolute atomic E-state index is 0.137. The molecule has 156 valence electrons. The van der Waals surface area contributed by atoms with E-state index in [1.807, 2.05) is 19.1 Å². The lowest BCUT2D eigenvalue weighted by Crippen LogP contribution is -2.36. The number of carbonyl (C=O) groups excluding carboxylic acids is 2. The number of fused-ring (bicyclic) bond motifs is 1. The van der Waals surface area contributed by atoms with Gasteiger partial charge in [0.25, 0.3) is 5.91 Å². The predicted molar refractivity (Wildman–Crippen MR) is 108 cm³/mol. The summed E-state index contributed by atoms with van der Waals surface area (Å²) in [6, 6.07) is 12.9. The number of pyridine rings is 1. The smallest absolute Gasteiger partial charge is 0.332 e. The number of likely N-dealkylation sites (N-methyl/N-ethyl adjacent to an activating group) is 1. The lowest BCUT2D eigenvalue weighted by molar-refractivity contribution is -0.136. The number of hydrogen-bond acceptors (Lipinski definition) is 3. The highest BCUT2D eigenvalue weighted by molar-refractivity contribution is 6.03. The Morgan fingerprint density at radius 1 is 1.07 bits per heavy atom. The Balaban J connectivity index is 1.86. The summed E-state index contributed by atoms with van der Waals surface area (Å²) in [5, 5.41) is 2.54. The SMILES string of the molecule is CCc1ccccc1NC(=O)CN(C)C(=O)c1cnc2ccccc2c1C(F)(F)F. The maximum Gasteiger partial charge on any atom is 0.417 e. The number of benzene rings is 2. The largest absolute Gasteiger partial charge is 0.417 e. The molecule has 3 rings (SSSR count). The summed E-state index contributed by atoms with van der Waals surface area (Å²) in [6.45, 7) is 1.53. The average molecular weight is 415 g/mol. The molecule has 5 nitrogen and oxygen atoms in total. The molecule has 0 aliphatic carbocycles. The summed E-state index contributed by atoms with van der Waals surface area (Å²) < 4.78 is 41.3. The summed E-state index contributed by atoms with van der Waals surface area (Å²) in [4.78, 5) is 30.1. The van der Waals surface area contributed by atoms with Gasteiger partial charge in [0.05, 0.1) is 23.2 Å². The molecule has 1 N–H and O–H groups in total. The molecule has 2 amide bonds. The first-order valence-corrected chi connectivity index (χ1v) is 9.30. The molecule has 2 aromatic carbocycles. The molecular formula is C22H20F3N3O2. The highest BCUT2D eigenvalue weighted by Crippen LogP contribution is 2.37. The number of rotatable bonds is 5. The Labute approximate surface area is 171 Å². The van der Waals surface area contributed by atoms with Gasteiger partial charge in [-0.15, -0.1) is 0 Å². The van der Waals surface area contributed by atoms with Crippen molar-refractivity contribution in [1.82, 2.24) is 9.88 Å². The van der Waals surface area contributed by atoms with E-state index < -0.39 is 35.7 Å². The number of nitrogens with one attached hydrogen (secondary N) is 1. The maximum absolute atomic E-state index is 13.8. The van der Waals surface area contributed by atoms with Gasteiger partial charge in [-0.3, -0.25) is 14.6 Å². The molecule has 0 fully saturated rings. The number of alkyl halides is 3. The van der Waals surface area contributed by atoms with Gasteiger partial charge < -0.3 is 10.2 Å². The standard InChI is InChI=1S/C22H20F3N3O2/c1-3-14-8-4-6-10-17(14)27-19(29)13-28(2)21(30)16-12-26-18-11-7-5-9-15(18)20(16)22(23,24)25/h4-12H,3,13H2,1-2H3,(H,27,29). The van der Waals surface area contributed by atoms with Crippen LogP contribution < -0.4 is 5.32 Å². The van der Waals surface area contributed by atoms with Crippen molar-refractivity contribution < 1.29 is 22.8 Å². The second-order valence-corrected chi connectivity index (χ2v) is 6.78. The molecule has 1 aromatic heterocycles. The van der Waals surface area contributed by atoms with Crippen LogP contribution in [0.3, 0.4) is 0 Å². The topological polar surface area (TPSA) is 62.3 Å². The van der Waals surface area contributed by atoms with E-state index in [-0.39, 0.29) is 10.9 Å². The van der Waals surface area contributed by atoms with Crippen molar-refractivity contribution in [3.63, 3.8) is 0 Å². The fraction of sp³-hybridized carbons (Fsp3) is 0.227. The van der Waals surface area contributed by atoms with Gasteiger partial charge in [-0.2, -0.15) is 13.2 Å². The van der Waals surface area contributed by atoms with Crippen molar-refractivity contribution in [3.8, 4) is 0 Å². The van der Waals surface area contributed by atoms with Crippen LogP contribution in [0.4, 0.5) is 18.9 Å². The van der Waals surface area contributed by atoms with Gasteiger partial charge in [0.15, 0.2) is 0 Å². The van der Waals surface area contributed by atoms with Crippen LogP contribution in [0.1, 0.15) is 28.4 Å². The van der Waals surface area contributed by atoms with Gasteiger partial charge in [0, 0.05) is 24.3 Å². The van der Waals surface area contributed by atoms with Crippen LogP contribution in [0.25, 0.3) is 10.9 Å². The van der Waals surface area contributed by atoms with Crippen molar-refractivity contribution in [3.05, 3.63) is 71.4 Å². The minimum atomic E-state index is -4.75. The first-order chi connectivity index (χ1) is 14.2. The normalized spacial score (nSPS) is 11.4. The van der Waals surface area contributed by atoms with E-state index in [0.29, 0.717) is 12.1 Å². The maximum atomic E-state index is 13.8. The molecule has 0 radical (unpaired) electrons. The summed E-state index contributed by atoms with van der Waals surface area (Å²) in [6.07, 6.45) is -3.14. The van der Waals surface area contributed by atoms with E-state index >= 15 is 0 Å². The molecule has 8 heteroatoms. The fourth-order valence-electron chi connectivity index (χ4n) is 3.24. The molecule has 0 spiro atoms. The molecular weight excluding hydrogens is 395 g/mol. The Bertz CT molecular complexity index is 1100. The first kappa shape index (κ1) is 21.3. The second kappa shape index (κ2) is 8.52. The van der Waals surface area contributed by atoms with Gasteiger partial charge >= 0.3 is 6.18 Å². The molecule has 3 aromatic rings. The number of nitrogens with zero attached hydrogens (tertiary/aromatic N) is 2. The van der Waals surface area contributed by atoms with Crippen LogP contribution in [0.5, 0.6) is 0 Å². The van der Waals surface area contributed by atoms with Crippen molar-refractivity contribution in [2.24, 2.45) is 0 Å². The van der Waals surface area contributed by atoms with Gasteiger partial charge in [-0.05, 0) is 24.1 Å². The number of hydrogen-bond donors (Lipinski definition) is 1.